The van der Waals surface area contributed by atoms with Gasteiger partial charge in [-0.05, 0) is 19.3 Å². The van der Waals surface area contributed by atoms with Gasteiger partial charge in [0.1, 0.15) is 0 Å². The van der Waals surface area contributed by atoms with Gasteiger partial charge in [0.15, 0.2) is 0 Å². The number of hydrogen-bond donors (Lipinski definition) is 2. The van der Waals surface area contributed by atoms with Crippen molar-refractivity contribution >= 4 is 5.91 Å². The summed E-state index contributed by atoms with van der Waals surface area (Å²) in [6, 6.07) is 0. The van der Waals surface area contributed by atoms with Crippen molar-refractivity contribution in [2.75, 3.05) is 6.54 Å². The lowest BCUT2D eigenvalue weighted by Crippen LogP contribution is -2.38. The summed E-state index contributed by atoms with van der Waals surface area (Å²) in [6.07, 6.45) is 6.40. The lowest BCUT2D eigenvalue weighted by molar-refractivity contribution is -0.118. The fourth-order valence-corrected chi connectivity index (χ4v) is 1.20. The van der Waals surface area contributed by atoms with Gasteiger partial charge >= 0.3 is 0 Å². The number of nitrogens with one attached hydrogen (secondary N) is 2. The van der Waals surface area contributed by atoms with Crippen LogP contribution in [0.5, 0.6) is 0 Å². The van der Waals surface area contributed by atoms with Crippen molar-refractivity contribution in [3.05, 3.63) is 12.2 Å². The number of amides is 1. The highest BCUT2D eigenvalue weighted by Crippen LogP contribution is 2.03. The molecule has 0 aromatic carbocycles. The van der Waals surface area contributed by atoms with E-state index in [1.165, 1.54) is 12.8 Å². The van der Waals surface area contributed by atoms with Gasteiger partial charge in [-0.15, -0.1) is 0 Å². The molecular weight excluding hydrogens is 188 g/mol. The van der Waals surface area contributed by atoms with E-state index in [4.69, 9.17) is 0 Å². The minimum Gasteiger partial charge on any atom is -0.288 e. The van der Waals surface area contributed by atoms with Crippen molar-refractivity contribution in [2.24, 2.45) is 0 Å². The molecule has 15 heavy (non-hydrogen) atoms. The molecule has 3 heteroatoms. The Balaban J connectivity index is 3.43. The third-order valence-corrected chi connectivity index (χ3v) is 2.26. The van der Waals surface area contributed by atoms with Gasteiger partial charge in [-0.2, -0.15) is 0 Å². The fourth-order valence-electron chi connectivity index (χ4n) is 1.20. The highest BCUT2D eigenvalue weighted by atomic mass is 16.2. The van der Waals surface area contributed by atoms with E-state index < -0.39 is 0 Å². The Bertz CT molecular complexity index is 190. The minimum absolute atomic E-state index is 0.0695. The molecule has 0 spiro atoms. The molecule has 0 fully saturated rings. The summed E-state index contributed by atoms with van der Waals surface area (Å²) in [5.41, 5.74) is 6.25. The van der Waals surface area contributed by atoms with Crippen LogP contribution >= 0.6 is 0 Å². The van der Waals surface area contributed by atoms with Crippen molar-refractivity contribution in [1.29, 1.82) is 0 Å². The summed E-state index contributed by atoms with van der Waals surface area (Å²) < 4.78 is 0. The summed E-state index contributed by atoms with van der Waals surface area (Å²) in [5.74, 6) is -0.0695. The van der Waals surface area contributed by atoms with E-state index in [-0.39, 0.29) is 5.91 Å². The first-order chi connectivity index (χ1) is 7.22. The highest BCUT2D eigenvalue weighted by molar-refractivity contribution is 5.92. The SMILES string of the molecule is C=C(CCCC)C(=O)NNCCCCC. The normalized spacial score (nSPS) is 10.0. The predicted octanol–water partition coefficient (Wildman–Crippen LogP) is 2.54. The molecule has 0 aliphatic carbocycles. The first kappa shape index (κ1) is 14.2. The largest absolute Gasteiger partial charge is 0.288 e. The summed E-state index contributed by atoms with van der Waals surface area (Å²) in [7, 11) is 0. The summed E-state index contributed by atoms with van der Waals surface area (Å²) in [6.45, 7) is 8.85. The minimum atomic E-state index is -0.0695. The second kappa shape index (κ2) is 9.71. The zero-order valence-electron chi connectivity index (χ0n) is 10.1. The van der Waals surface area contributed by atoms with Crippen molar-refractivity contribution in [1.82, 2.24) is 10.9 Å². The van der Waals surface area contributed by atoms with Gasteiger partial charge < -0.3 is 0 Å². The van der Waals surface area contributed by atoms with Gasteiger partial charge in [-0.25, -0.2) is 5.43 Å². The molecule has 0 aromatic rings. The Kier molecular flexibility index (Phi) is 9.18. The standard InChI is InChI=1S/C12H24N2O/c1-4-6-8-10-13-14-12(15)11(3)9-7-5-2/h13H,3-10H2,1-2H3,(H,14,15). The van der Waals surface area contributed by atoms with E-state index in [0.717, 1.165) is 32.2 Å². The Morgan fingerprint density at radius 2 is 1.80 bits per heavy atom. The molecule has 0 saturated carbocycles. The number of unbranched alkanes of at least 4 members (excludes halogenated alkanes) is 3. The number of hydrogen-bond acceptors (Lipinski definition) is 2. The van der Waals surface area contributed by atoms with E-state index in [0.29, 0.717) is 5.57 Å². The zero-order valence-corrected chi connectivity index (χ0v) is 10.1. The maximum absolute atomic E-state index is 11.4. The molecule has 1 amide bonds. The van der Waals surface area contributed by atoms with Crippen LogP contribution in [0.25, 0.3) is 0 Å². The van der Waals surface area contributed by atoms with Crippen LogP contribution in [0.3, 0.4) is 0 Å². The first-order valence-corrected chi connectivity index (χ1v) is 5.93. The maximum Gasteiger partial charge on any atom is 0.260 e. The van der Waals surface area contributed by atoms with E-state index >= 15 is 0 Å². The molecule has 0 rings (SSSR count). The molecule has 0 aliphatic heterocycles. The van der Waals surface area contributed by atoms with Crippen molar-refractivity contribution in [2.45, 2.75) is 52.4 Å². The molecule has 0 aliphatic rings. The molecule has 0 aromatic heterocycles. The third-order valence-electron chi connectivity index (χ3n) is 2.26. The second-order valence-electron chi connectivity index (χ2n) is 3.80. The van der Waals surface area contributed by atoms with Crippen LogP contribution in [0.15, 0.2) is 12.2 Å². The van der Waals surface area contributed by atoms with E-state index in [9.17, 15) is 4.79 Å². The van der Waals surface area contributed by atoms with Crippen molar-refractivity contribution < 1.29 is 4.79 Å². The van der Waals surface area contributed by atoms with Gasteiger partial charge in [0.2, 0.25) is 0 Å². The lowest BCUT2D eigenvalue weighted by Gasteiger charge is -2.08. The Labute approximate surface area is 93.3 Å². The van der Waals surface area contributed by atoms with E-state index in [2.05, 4.69) is 31.3 Å². The summed E-state index contributed by atoms with van der Waals surface area (Å²) in [4.78, 5) is 11.4. The summed E-state index contributed by atoms with van der Waals surface area (Å²) >= 11 is 0. The molecule has 88 valence electrons. The molecule has 0 radical (unpaired) electrons. The van der Waals surface area contributed by atoms with Gasteiger partial charge in [0.25, 0.3) is 5.91 Å². The number of rotatable bonds is 9. The van der Waals surface area contributed by atoms with Gasteiger partial charge in [-0.1, -0.05) is 39.7 Å². The third kappa shape index (κ3) is 8.18. The van der Waals surface area contributed by atoms with Gasteiger partial charge in [0.05, 0.1) is 0 Å². The van der Waals surface area contributed by atoms with Crippen LogP contribution in [0.2, 0.25) is 0 Å². The zero-order chi connectivity index (χ0) is 11.5. The monoisotopic (exact) mass is 212 g/mol. The molecule has 2 N–H and O–H groups in total. The number of carbonyl (C=O) groups excluding carboxylic acids is 1. The molecule has 3 nitrogen and oxygen atoms in total. The van der Waals surface area contributed by atoms with Crippen molar-refractivity contribution in [3.8, 4) is 0 Å². The average molecular weight is 212 g/mol. The Morgan fingerprint density at radius 1 is 1.13 bits per heavy atom. The van der Waals surface area contributed by atoms with Crippen molar-refractivity contribution in [3.63, 3.8) is 0 Å². The molecule has 0 unspecified atom stereocenters. The van der Waals surface area contributed by atoms with Crippen LogP contribution in [0.4, 0.5) is 0 Å². The number of carbonyl (C=O) groups is 1. The Hall–Kier alpha value is -0.830. The summed E-state index contributed by atoms with van der Waals surface area (Å²) in [5, 5.41) is 0. The quantitative estimate of drug-likeness (QED) is 0.350. The second-order valence-corrected chi connectivity index (χ2v) is 3.80. The lowest BCUT2D eigenvalue weighted by atomic mass is 10.1. The molecule has 0 atom stereocenters. The molecule has 0 saturated heterocycles. The van der Waals surface area contributed by atoms with Crippen LogP contribution < -0.4 is 10.9 Å². The predicted molar refractivity (Wildman–Crippen MR) is 64.3 cm³/mol. The number of hydrazine groups is 1. The molecular formula is C12H24N2O. The van der Waals surface area contributed by atoms with E-state index in [1.807, 2.05) is 0 Å². The Morgan fingerprint density at radius 3 is 2.40 bits per heavy atom. The van der Waals surface area contributed by atoms with Crippen LogP contribution in [0, 0.1) is 0 Å². The average Bonchev–Trinajstić information content (AvgIpc) is 2.25. The van der Waals surface area contributed by atoms with Crippen LogP contribution in [-0.2, 0) is 4.79 Å². The topological polar surface area (TPSA) is 41.1 Å². The van der Waals surface area contributed by atoms with E-state index in [1.54, 1.807) is 0 Å². The maximum atomic E-state index is 11.4. The fraction of sp³-hybridized carbons (Fsp3) is 0.750. The van der Waals surface area contributed by atoms with Gasteiger partial charge in [0, 0.05) is 12.1 Å². The smallest absolute Gasteiger partial charge is 0.260 e. The molecule has 0 bridgehead atoms. The van der Waals surface area contributed by atoms with Gasteiger partial charge in [-0.3, -0.25) is 10.2 Å². The highest BCUT2D eigenvalue weighted by Gasteiger charge is 2.04. The van der Waals surface area contributed by atoms with Crippen LogP contribution in [-0.4, -0.2) is 12.5 Å². The van der Waals surface area contributed by atoms with Crippen LogP contribution in [0.1, 0.15) is 52.4 Å². The molecule has 0 heterocycles. The first-order valence-electron chi connectivity index (χ1n) is 5.93.